The van der Waals surface area contributed by atoms with Gasteiger partial charge in [-0.25, -0.2) is 4.98 Å². The van der Waals surface area contributed by atoms with Crippen LogP contribution in [0.5, 0.6) is 17.2 Å². The molecule has 0 amide bonds. The molecule has 0 aliphatic carbocycles. The van der Waals surface area contributed by atoms with Crippen molar-refractivity contribution in [3.05, 3.63) is 48.4 Å². The molecule has 0 N–H and O–H groups in total. The quantitative estimate of drug-likeness (QED) is 0.695. The fraction of sp³-hybridized carbons (Fsp3) is 0.133. The Hall–Kier alpha value is -2.70. The summed E-state index contributed by atoms with van der Waals surface area (Å²) in [5, 5.41) is 0. The van der Waals surface area contributed by atoms with Crippen LogP contribution in [0.25, 0.3) is 11.1 Å². The van der Waals surface area contributed by atoms with Gasteiger partial charge in [0.2, 0.25) is 0 Å². The van der Waals surface area contributed by atoms with E-state index >= 15 is 0 Å². The number of aromatic nitrogens is 1. The van der Waals surface area contributed by atoms with E-state index in [2.05, 4.69) is 9.72 Å². The summed E-state index contributed by atoms with van der Waals surface area (Å²) in [5.74, 6) is 0.490. The maximum absolute atomic E-state index is 12.1. The summed E-state index contributed by atoms with van der Waals surface area (Å²) >= 11 is 0. The zero-order valence-corrected chi connectivity index (χ0v) is 11.3. The molecule has 0 saturated carbocycles. The number of halogens is 3. The molecule has 3 rings (SSSR count). The van der Waals surface area contributed by atoms with Crippen LogP contribution in [0.1, 0.15) is 5.56 Å². The minimum absolute atomic E-state index is 0.311. The Morgan fingerprint density at radius 3 is 2.41 bits per heavy atom. The predicted molar refractivity (Wildman–Crippen MR) is 71.9 cm³/mol. The van der Waals surface area contributed by atoms with Crippen LogP contribution in [0.2, 0.25) is 0 Å². The van der Waals surface area contributed by atoms with Crippen molar-refractivity contribution in [1.29, 1.82) is 0 Å². The van der Waals surface area contributed by atoms with Crippen molar-refractivity contribution >= 4 is 11.1 Å². The van der Waals surface area contributed by atoms with E-state index in [1.807, 2.05) is 13.0 Å². The Morgan fingerprint density at radius 2 is 1.73 bits per heavy atom. The van der Waals surface area contributed by atoms with E-state index in [1.165, 1.54) is 30.7 Å². The molecule has 0 spiro atoms. The van der Waals surface area contributed by atoms with E-state index < -0.39 is 6.36 Å². The fourth-order valence-electron chi connectivity index (χ4n) is 1.98. The van der Waals surface area contributed by atoms with Crippen molar-refractivity contribution in [2.24, 2.45) is 0 Å². The topological polar surface area (TPSA) is 44.5 Å². The van der Waals surface area contributed by atoms with E-state index in [0.29, 0.717) is 22.6 Å². The zero-order chi connectivity index (χ0) is 15.7. The molecule has 0 unspecified atom stereocenters. The van der Waals surface area contributed by atoms with Crippen LogP contribution in [0.15, 0.2) is 47.2 Å². The van der Waals surface area contributed by atoms with Gasteiger partial charge in [-0.3, -0.25) is 0 Å². The minimum Gasteiger partial charge on any atom is -0.453 e. The molecule has 7 heteroatoms. The number of nitrogens with zero attached hydrogens (tertiary/aromatic N) is 1. The molecule has 3 aromatic rings. The molecule has 4 nitrogen and oxygen atoms in total. The molecule has 0 atom stereocenters. The van der Waals surface area contributed by atoms with E-state index in [4.69, 9.17) is 9.15 Å². The third-order valence-corrected chi connectivity index (χ3v) is 2.83. The first-order valence-electron chi connectivity index (χ1n) is 6.28. The average molecular weight is 309 g/mol. The molecule has 0 fully saturated rings. The highest BCUT2D eigenvalue weighted by Crippen LogP contribution is 2.32. The van der Waals surface area contributed by atoms with Crippen molar-refractivity contribution in [2.75, 3.05) is 0 Å². The first kappa shape index (κ1) is 14.2. The number of ether oxygens (including phenoxy) is 2. The molecular weight excluding hydrogens is 299 g/mol. The standard InChI is InChI=1S/C15H10F3NO3/c1-9-6-12-14(20-8-19-12)13(7-9)21-10-2-4-11(5-3-10)22-15(16,17)18/h2-8H,1H3. The lowest BCUT2D eigenvalue weighted by Crippen LogP contribution is -2.16. The number of fused-ring (bicyclic) bond motifs is 1. The first-order chi connectivity index (χ1) is 10.4. The summed E-state index contributed by atoms with van der Waals surface area (Å²) in [7, 11) is 0. The molecule has 0 aliphatic heterocycles. The summed E-state index contributed by atoms with van der Waals surface area (Å²) in [5.41, 5.74) is 2.04. The molecule has 0 saturated heterocycles. The summed E-state index contributed by atoms with van der Waals surface area (Å²) in [6.07, 6.45) is -3.41. The molecule has 1 heterocycles. The lowest BCUT2D eigenvalue weighted by atomic mass is 10.2. The summed E-state index contributed by atoms with van der Waals surface area (Å²) in [4.78, 5) is 4.04. The first-order valence-corrected chi connectivity index (χ1v) is 6.28. The normalized spacial score (nSPS) is 11.6. The monoisotopic (exact) mass is 309 g/mol. The zero-order valence-electron chi connectivity index (χ0n) is 11.3. The number of rotatable bonds is 3. The van der Waals surface area contributed by atoms with Crippen LogP contribution in [0.3, 0.4) is 0 Å². The summed E-state index contributed by atoms with van der Waals surface area (Å²) < 4.78 is 51.0. The minimum atomic E-state index is -4.72. The molecule has 1 aromatic heterocycles. The fourth-order valence-corrected chi connectivity index (χ4v) is 1.98. The van der Waals surface area contributed by atoms with Gasteiger partial charge in [-0.2, -0.15) is 0 Å². The van der Waals surface area contributed by atoms with Gasteiger partial charge in [-0.1, -0.05) is 0 Å². The Bertz CT molecular complexity index is 794. The van der Waals surface area contributed by atoms with Gasteiger partial charge >= 0.3 is 6.36 Å². The number of benzene rings is 2. The van der Waals surface area contributed by atoms with E-state index in [9.17, 15) is 13.2 Å². The van der Waals surface area contributed by atoms with Crippen LogP contribution in [-0.2, 0) is 0 Å². The van der Waals surface area contributed by atoms with Crippen LogP contribution < -0.4 is 9.47 Å². The van der Waals surface area contributed by atoms with Gasteiger partial charge in [0.15, 0.2) is 17.7 Å². The molecule has 0 radical (unpaired) electrons. The number of aryl methyl sites for hydroxylation is 1. The second-order valence-corrected chi connectivity index (χ2v) is 4.58. The van der Waals surface area contributed by atoms with Crippen molar-refractivity contribution in [1.82, 2.24) is 4.98 Å². The third-order valence-electron chi connectivity index (χ3n) is 2.83. The van der Waals surface area contributed by atoms with Gasteiger partial charge in [0.1, 0.15) is 17.0 Å². The van der Waals surface area contributed by atoms with Crippen LogP contribution in [0, 0.1) is 6.92 Å². The Morgan fingerprint density at radius 1 is 1.05 bits per heavy atom. The number of hydrogen-bond acceptors (Lipinski definition) is 4. The van der Waals surface area contributed by atoms with Gasteiger partial charge in [0.05, 0.1) is 0 Å². The lowest BCUT2D eigenvalue weighted by molar-refractivity contribution is -0.274. The molecule has 22 heavy (non-hydrogen) atoms. The highest BCUT2D eigenvalue weighted by Gasteiger charge is 2.31. The number of oxazole rings is 1. The van der Waals surface area contributed by atoms with Crippen molar-refractivity contribution in [3.8, 4) is 17.2 Å². The maximum atomic E-state index is 12.1. The van der Waals surface area contributed by atoms with Gasteiger partial charge in [0, 0.05) is 0 Å². The second kappa shape index (κ2) is 5.25. The van der Waals surface area contributed by atoms with Crippen LogP contribution >= 0.6 is 0 Å². The SMILES string of the molecule is Cc1cc(Oc2ccc(OC(F)(F)F)cc2)c2ocnc2c1. The smallest absolute Gasteiger partial charge is 0.453 e. The van der Waals surface area contributed by atoms with Gasteiger partial charge in [-0.15, -0.1) is 13.2 Å². The number of hydrogen-bond donors (Lipinski definition) is 0. The van der Waals surface area contributed by atoms with Crippen LogP contribution in [-0.4, -0.2) is 11.3 Å². The van der Waals surface area contributed by atoms with Gasteiger partial charge < -0.3 is 13.9 Å². The third kappa shape index (κ3) is 3.13. The largest absolute Gasteiger partial charge is 0.573 e. The highest BCUT2D eigenvalue weighted by molar-refractivity contribution is 5.80. The van der Waals surface area contributed by atoms with Crippen molar-refractivity contribution in [3.63, 3.8) is 0 Å². The van der Waals surface area contributed by atoms with E-state index in [1.54, 1.807) is 6.07 Å². The van der Waals surface area contributed by atoms with Crippen molar-refractivity contribution in [2.45, 2.75) is 13.3 Å². The summed E-state index contributed by atoms with van der Waals surface area (Å²) in [6.45, 7) is 1.88. The van der Waals surface area contributed by atoms with Gasteiger partial charge in [-0.05, 0) is 48.9 Å². The average Bonchev–Trinajstić information content (AvgIpc) is 2.87. The Balaban J connectivity index is 1.84. The lowest BCUT2D eigenvalue weighted by Gasteiger charge is -2.10. The predicted octanol–water partition coefficient (Wildman–Crippen LogP) is 4.83. The Kier molecular flexibility index (Phi) is 3.40. The highest BCUT2D eigenvalue weighted by atomic mass is 19.4. The van der Waals surface area contributed by atoms with Gasteiger partial charge in [0.25, 0.3) is 0 Å². The maximum Gasteiger partial charge on any atom is 0.573 e. The van der Waals surface area contributed by atoms with Crippen LogP contribution in [0.4, 0.5) is 13.2 Å². The molecule has 0 bridgehead atoms. The summed E-state index contributed by atoms with van der Waals surface area (Å²) in [6, 6.07) is 8.71. The number of alkyl halides is 3. The molecule has 0 aliphatic rings. The Labute approximate surface area is 123 Å². The molecular formula is C15H10F3NO3. The molecule has 2 aromatic carbocycles. The van der Waals surface area contributed by atoms with Crippen molar-refractivity contribution < 1.29 is 27.1 Å². The van der Waals surface area contributed by atoms with E-state index in [-0.39, 0.29) is 5.75 Å². The molecule has 114 valence electrons. The van der Waals surface area contributed by atoms with E-state index in [0.717, 1.165) is 5.56 Å². The second-order valence-electron chi connectivity index (χ2n) is 4.58.